The number of aromatic nitrogens is 1. The van der Waals surface area contributed by atoms with Gasteiger partial charge in [-0.15, -0.1) is 11.3 Å². The van der Waals surface area contributed by atoms with Crippen molar-refractivity contribution in [3.63, 3.8) is 0 Å². The first-order valence-electron chi connectivity index (χ1n) is 9.10. The molecule has 148 valence electrons. The summed E-state index contributed by atoms with van der Waals surface area (Å²) in [6.45, 7) is 7.24. The number of nitrogens with zero attached hydrogens (tertiary/aromatic N) is 1. The molecule has 0 spiro atoms. The van der Waals surface area contributed by atoms with Gasteiger partial charge in [0.2, 0.25) is 0 Å². The Hall–Kier alpha value is -1.79. The Labute approximate surface area is 170 Å². The molecule has 0 saturated heterocycles. The molecule has 0 aliphatic rings. The van der Waals surface area contributed by atoms with Crippen LogP contribution in [0.4, 0.5) is 0 Å². The number of thiazole rings is 1. The van der Waals surface area contributed by atoms with Crippen molar-refractivity contribution in [1.82, 2.24) is 10.3 Å². The van der Waals surface area contributed by atoms with Crippen LogP contribution in [0.15, 0.2) is 17.5 Å². The van der Waals surface area contributed by atoms with Crippen LogP contribution >= 0.6 is 22.9 Å². The molecule has 0 radical (unpaired) electrons. The van der Waals surface area contributed by atoms with E-state index in [-0.39, 0.29) is 5.91 Å². The Bertz CT molecular complexity index is 762. The molecule has 0 unspecified atom stereocenters. The van der Waals surface area contributed by atoms with Crippen LogP contribution in [0.5, 0.6) is 11.5 Å². The minimum atomic E-state index is -0.171. The van der Waals surface area contributed by atoms with Gasteiger partial charge in [-0.25, -0.2) is 4.98 Å². The minimum absolute atomic E-state index is 0.171. The first-order chi connectivity index (χ1) is 12.9. The van der Waals surface area contributed by atoms with Crippen molar-refractivity contribution in [3.05, 3.63) is 38.8 Å². The standard InChI is InChI=1S/C20H27ClN2O3S/c1-13(2)11-26-19-16(21)9-15(10-17(19)25-4)20(24)22-8-6-5-7-18-23-14(3)12-27-18/h9-10,12-13H,5-8,11H2,1-4H3,(H,22,24). The van der Waals surface area contributed by atoms with Crippen LogP contribution in [0.3, 0.4) is 0 Å². The van der Waals surface area contributed by atoms with Crippen LogP contribution in [0, 0.1) is 12.8 Å². The molecule has 2 aromatic rings. The van der Waals surface area contributed by atoms with Gasteiger partial charge >= 0.3 is 0 Å². The van der Waals surface area contributed by atoms with Crippen molar-refractivity contribution in [3.8, 4) is 11.5 Å². The second-order valence-corrected chi connectivity index (χ2v) is 8.14. The molecule has 7 heteroatoms. The van der Waals surface area contributed by atoms with Crippen LogP contribution < -0.4 is 14.8 Å². The number of methoxy groups -OCH3 is 1. The fraction of sp³-hybridized carbons (Fsp3) is 0.500. The largest absolute Gasteiger partial charge is 0.493 e. The van der Waals surface area contributed by atoms with Crippen molar-refractivity contribution in [2.24, 2.45) is 5.92 Å². The fourth-order valence-electron chi connectivity index (χ4n) is 2.46. The lowest BCUT2D eigenvalue weighted by atomic mass is 10.1. The highest BCUT2D eigenvalue weighted by molar-refractivity contribution is 7.09. The summed E-state index contributed by atoms with van der Waals surface area (Å²) in [5, 5.41) is 6.51. The first kappa shape index (κ1) is 21.5. The quantitative estimate of drug-likeness (QED) is 0.566. The lowest BCUT2D eigenvalue weighted by molar-refractivity contribution is 0.0952. The molecule has 0 saturated carbocycles. The number of hydrogen-bond donors (Lipinski definition) is 1. The Kier molecular flexibility index (Phi) is 8.38. The molecule has 0 aliphatic heterocycles. The zero-order valence-corrected chi connectivity index (χ0v) is 17.9. The highest BCUT2D eigenvalue weighted by Gasteiger charge is 2.16. The average molecular weight is 411 g/mol. The van der Waals surface area contributed by atoms with E-state index in [4.69, 9.17) is 21.1 Å². The van der Waals surface area contributed by atoms with E-state index in [2.05, 4.69) is 29.5 Å². The Morgan fingerprint density at radius 2 is 2.11 bits per heavy atom. The molecular formula is C20H27ClN2O3S. The summed E-state index contributed by atoms with van der Waals surface area (Å²) in [6.07, 6.45) is 2.82. The molecule has 2 rings (SSSR count). The van der Waals surface area contributed by atoms with E-state index in [0.717, 1.165) is 30.0 Å². The van der Waals surface area contributed by atoms with E-state index in [1.165, 1.54) is 7.11 Å². The highest BCUT2D eigenvalue weighted by atomic mass is 35.5. The number of rotatable bonds is 10. The smallest absolute Gasteiger partial charge is 0.251 e. The molecule has 1 aromatic carbocycles. The molecule has 1 aromatic heterocycles. The van der Waals surface area contributed by atoms with Crippen LogP contribution in [-0.4, -0.2) is 31.2 Å². The summed E-state index contributed by atoms with van der Waals surface area (Å²) >= 11 is 7.99. The van der Waals surface area contributed by atoms with Gasteiger partial charge in [0, 0.05) is 23.2 Å². The average Bonchev–Trinajstić information content (AvgIpc) is 3.04. The third-order valence-corrected chi connectivity index (χ3v) is 5.13. The Balaban J connectivity index is 1.86. The maximum Gasteiger partial charge on any atom is 0.251 e. The van der Waals surface area contributed by atoms with Gasteiger partial charge in [0.05, 0.1) is 23.7 Å². The van der Waals surface area contributed by atoms with Crippen molar-refractivity contribution in [1.29, 1.82) is 0 Å². The van der Waals surface area contributed by atoms with Gasteiger partial charge in [0.1, 0.15) is 0 Å². The number of halogens is 1. The molecule has 0 fully saturated rings. The molecule has 0 bridgehead atoms. The normalized spacial score (nSPS) is 10.9. The summed E-state index contributed by atoms with van der Waals surface area (Å²) in [4.78, 5) is 16.8. The van der Waals surface area contributed by atoms with E-state index in [1.807, 2.05) is 6.92 Å². The zero-order chi connectivity index (χ0) is 19.8. The number of hydrogen-bond acceptors (Lipinski definition) is 5. The number of ether oxygens (including phenoxy) is 2. The van der Waals surface area contributed by atoms with Gasteiger partial charge in [-0.2, -0.15) is 0 Å². The summed E-state index contributed by atoms with van der Waals surface area (Å²) in [6, 6.07) is 3.28. The fourth-order valence-corrected chi connectivity index (χ4v) is 3.55. The number of unbranched alkanes of at least 4 members (excludes halogenated alkanes) is 1. The van der Waals surface area contributed by atoms with Crippen LogP contribution in [0.1, 0.15) is 47.7 Å². The van der Waals surface area contributed by atoms with Crippen LogP contribution in [0.2, 0.25) is 5.02 Å². The lowest BCUT2D eigenvalue weighted by Crippen LogP contribution is -2.24. The van der Waals surface area contributed by atoms with Crippen LogP contribution in [0.25, 0.3) is 0 Å². The molecule has 0 aliphatic carbocycles. The molecule has 1 amide bonds. The zero-order valence-electron chi connectivity index (χ0n) is 16.3. The minimum Gasteiger partial charge on any atom is -0.493 e. The maximum absolute atomic E-state index is 12.4. The van der Waals surface area contributed by atoms with Gasteiger partial charge in [0.25, 0.3) is 5.91 Å². The van der Waals surface area contributed by atoms with Crippen LogP contribution in [-0.2, 0) is 6.42 Å². The molecule has 0 atom stereocenters. The summed E-state index contributed by atoms with van der Waals surface area (Å²) < 4.78 is 11.1. The number of aryl methyl sites for hydroxylation is 2. The lowest BCUT2D eigenvalue weighted by Gasteiger charge is -2.15. The van der Waals surface area contributed by atoms with Crippen molar-refractivity contribution < 1.29 is 14.3 Å². The predicted octanol–water partition coefficient (Wildman–Crippen LogP) is 4.90. The third kappa shape index (κ3) is 6.70. The third-order valence-electron chi connectivity index (χ3n) is 3.82. The van der Waals surface area contributed by atoms with E-state index < -0.39 is 0 Å². The number of carbonyl (C=O) groups is 1. The molecular weight excluding hydrogens is 384 g/mol. The molecule has 1 heterocycles. The summed E-state index contributed by atoms with van der Waals surface area (Å²) in [7, 11) is 1.54. The highest BCUT2D eigenvalue weighted by Crippen LogP contribution is 2.36. The van der Waals surface area contributed by atoms with Gasteiger partial charge < -0.3 is 14.8 Å². The van der Waals surface area contributed by atoms with E-state index in [0.29, 0.717) is 41.2 Å². The van der Waals surface area contributed by atoms with Crippen molar-refractivity contribution in [2.75, 3.05) is 20.3 Å². The number of carbonyl (C=O) groups excluding carboxylic acids is 1. The summed E-state index contributed by atoms with van der Waals surface area (Å²) in [5.74, 6) is 1.13. The maximum atomic E-state index is 12.4. The van der Waals surface area contributed by atoms with E-state index >= 15 is 0 Å². The topological polar surface area (TPSA) is 60.5 Å². The number of benzene rings is 1. The second kappa shape index (κ2) is 10.5. The van der Waals surface area contributed by atoms with E-state index in [9.17, 15) is 4.79 Å². The van der Waals surface area contributed by atoms with Gasteiger partial charge in [-0.1, -0.05) is 25.4 Å². The second-order valence-electron chi connectivity index (χ2n) is 6.79. The van der Waals surface area contributed by atoms with Crippen molar-refractivity contribution in [2.45, 2.75) is 40.0 Å². The van der Waals surface area contributed by atoms with E-state index in [1.54, 1.807) is 23.5 Å². The molecule has 27 heavy (non-hydrogen) atoms. The number of nitrogens with one attached hydrogen (secondary N) is 1. The predicted molar refractivity (Wildman–Crippen MR) is 110 cm³/mol. The first-order valence-corrected chi connectivity index (χ1v) is 10.4. The summed E-state index contributed by atoms with van der Waals surface area (Å²) in [5.41, 5.74) is 1.53. The Morgan fingerprint density at radius 1 is 1.33 bits per heavy atom. The monoisotopic (exact) mass is 410 g/mol. The SMILES string of the molecule is COc1cc(C(=O)NCCCCc2nc(C)cs2)cc(Cl)c1OCC(C)C. The Morgan fingerprint density at radius 3 is 2.74 bits per heavy atom. The molecule has 5 nitrogen and oxygen atoms in total. The van der Waals surface area contributed by atoms with Gasteiger partial charge in [-0.3, -0.25) is 4.79 Å². The van der Waals surface area contributed by atoms with Crippen molar-refractivity contribution >= 4 is 28.8 Å². The molecule has 1 N–H and O–H groups in total. The van der Waals surface area contributed by atoms with Gasteiger partial charge in [-0.05, 0) is 44.2 Å². The van der Waals surface area contributed by atoms with Gasteiger partial charge in [0.15, 0.2) is 11.5 Å². The number of amides is 1.